The Morgan fingerprint density at radius 2 is 1.77 bits per heavy atom. The zero-order chi connectivity index (χ0) is 28.6. The molecule has 4 rings (SSSR count). The minimum absolute atomic E-state index is 0.0381. The van der Waals surface area contributed by atoms with Crippen molar-refractivity contribution in [2.24, 2.45) is 11.7 Å². The first-order valence-electron chi connectivity index (χ1n) is 14.1. The van der Waals surface area contributed by atoms with Gasteiger partial charge in [0.25, 0.3) is 0 Å². The van der Waals surface area contributed by atoms with Crippen LogP contribution in [0.15, 0.2) is 36.4 Å². The van der Waals surface area contributed by atoms with Crippen LogP contribution in [0.25, 0.3) is 0 Å². The minimum atomic E-state index is -0.958. The van der Waals surface area contributed by atoms with Crippen LogP contribution in [-0.2, 0) is 29.2 Å². The first-order chi connectivity index (χ1) is 19.4. The van der Waals surface area contributed by atoms with E-state index in [9.17, 15) is 24.9 Å². The molecule has 2 aromatic carbocycles. The quantitative estimate of drug-likeness (QED) is 0.275. The standard InChI is InChI=1S/C30H41N3O7/c1-2-3-10-32(11-6-9-31)27(36)16-33-15-24(22-12-23(18-35)29-26(14-22)39-19-40-29)28(30(37)38)25(33)13-20-7-4-5-8-21(20)17-34/h4-5,7-8,12,14,24-25,28,34-35H,2-3,6,9-11,13,15-19,31H2,1H3,(H,37,38)/t24-,25+,28-/m1/s1. The summed E-state index contributed by atoms with van der Waals surface area (Å²) in [4.78, 5) is 30.3. The molecule has 0 aromatic heterocycles. The Kier molecular flexibility index (Phi) is 10.4. The van der Waals surface area contributed by atoms with E-state index in [-0.39, 0.29) is 32.5 Å². The van der Waals surface area contributed by atoms with Crippen LogP contribution >= 0.6 is 0 Å². The monoisotopic (exact) mass is 555 g/mol. The number of carboxylic acids is 1. The molecule has 5 N–H and O–H groups in total. The Labute approximate surface area is 235 Å². The van der Waals surface area contributed by atoms with Gasteiger partial charge in [0.2, 0.25) is 12.7 Å². The fraction of sp³-hybridized carbons (Fsp3) is 0.533. The van der Waals surface area contributed by atoms with Gasteiger partial charge in [-0.2, -0.15) is 0 Å². The molecule has 0 spiro atoms. The van der Waals surface area contributed by atoms with Gasteiger partial charge in [0.05, 0.1) is 25.7 Å². The lowest BCUT2D eigenvalue weighted by Crippen LogP contribution is -2.45. The molecule has 10 heteroatoms. The largest absolute Gasteiger partial charge is 0.481 e. The van der Waals surface area contributed by atoms with E-state index in [1.807, 2.05) is 34.1 Å². The highest BCUT2D eigenvalue weighted by Gasteiger charge is 2.47. The molecule has 0 aliphatic carbocycles. The number of hydrogen-bond donors (Lipinski definition) is 4. The predicted octanol–water partition coefficient (Wildman–Crippen LogP) is 2.09. The normalized spacial score (nSPS) is 20.1. The number of carboxylic acid groups (broad SMARTS) is 1. The molecule has 0 radical (unpaired) electrons. The van der Waals surface area contributed by atoms with Crippen LogP contribution in [0, 0.1) is 5.92 Å². The number of amides is 1. The topological polar surface area (TPSA) is 146 Å². The molecule has 0 unspecified atom stereocenters. The Morgan fingerprint density at radius 3 is 2.45 bits per heavy atom. The highest BCUT2D eigenvalue weighted by Crippen LogP contribution is 2.44. The zero-order valence-corrected chi connectivity index (χ0v) is 23.1. The highest BCUT2D eigenvalue weighted by atomic mass is 16.7. The second-order valence-electron chi connectivity index (χ2n) is 10.5. The van der Waals surface area contributed by atoms with Gasteiger partial charge in [-0.15, -0.1) is 0 Å². The van der Waals surface area contributed by atoms with Crippen LogP contribution in [0.3, 0.4) is 0 Å². The molecule has 10 nitrogen and oxygen atoms in total. The van der Waals surface area contributed by atoms with Gasteiger partial charge in [0.15, 0.2) is 11.5 Å². The number of aliphatic hydroxyl groups is 2. The highest BCUT2D eigenvalue weighted by molar-refractivity contribution is 5.79. The summed E-state index contributed by atoms with van der Waals surface area (Å²) in [7, 11) is 0. The van der Waals surface area contributed by atoms with Gasteiger partial charge in [-0.25, -0.2) is 0 Å². The predicted molar refractivity (Wildman–Crippen MR) is 149 cm³/mol. The third kappa shape index (κ3) is 6.58. The van der Waals surface area contributed by atoms with Gasteiger partial charge in [-0.3, -0.25) is 14.5 Å². The average Bonchev–Trinajstić information content (AvgIpc) is 3.57. The van der Waals surface area contributed by atoms with E-state index >= 15 is 0 Å². The van der Waals surface area contributed by atoms with E-state index in [2.05, 4.69) is 6.92 Å². The van der Waals surface area contributed by atoms with Crippen molar-refractivity contribution < 1.29 is 34.4 Å². The van der Waals surface area contributed by atoms with Crippen molar-refractivity contribution in [1.29, 1.82) is 0 Å². The van der Waals surface area contributed by atoms with Gasteiger partial charge in [0.1, 0.15) is 0 Å². The number of carbonyl (C=O) groups is 2. The Balaban J connectivity index is 1.70. The number of nitrogens with zero attached hydrogens (tertiary/aromatic N) is 2. The number of hydrogen-bond acceptors (Lipinski definition) is 8. The summed E-state index contributed by atoms with van der Waals surface area (Å²) in [5, 5.41) is 30.5. The molecule has 1 fully saturated rings. The molecule has 2 aliphatic rings. The van der Waals surface area contributed by atoms with Crippen molar-refractivity contribution in [1.82, 2.24) is 9.80 Å². The van der Waals surface area contributed by atoms with E-state index in [1.54, 1.807) is 12.1 Å². The van der Waals surface area contributed by atoms with Crippen molar-refractivity contribution in [3.05, 3.63) is 58.7 Å². The fourth-order valence-corrected chi connectivity index (χ4v) is 5.92. The molecule has 0 bridgehead atoms. The fourth-order valence-electron chi connectivity index (χ4n) is 5.92. The molecule has 0 saturated carbocycles. The third-order valence-corrected chi connectivity index (χ3v) is 8.03. The SMILES string of the molecule is CCCCN(CCCN)C(=O)CN1C[C@H](c2cc(CO)c3c(c2)OCO3)[C@@H](C(=O)O)[C@@H]1Cc1ccccc1CO. The van der Waals surface area contributed by atoms with Crippen LogP contribution < -0.4 is 15.2 Å². The van der Waals surface area contributed by atoms with E-state index < -0.39 is 23.8 Å². The lowest BCUT2D eigenvalue weighted by Gasteiger charge is -2.30. The molecule has 2 aromatic rings. The maximum atomic E-state index is 13.6. The molecule has 1 amide bonds. The van der Waals surface area contributed by atoms with Crippen molar-refractivity contribution in [2.45, 2.75) is 57.8 Å². The maximum absolute atomic E-state index is 13.6. The molecule has 2 heterocycles. The van der Waals surface area contributed by atoms with Crippen LogP contribution in [0.1, 0.15) is 54.4 Å². The molecule has 40 heavy (non-hydrogen) atoms. The number of rotatable bonds is 14. The van der Waals surface area contributed by atoms with Crippen LogP contribution in [-0.4, -0.2) is 82.6 Å². The summed E-state index contributed by atoms with van der Waals surface area (Å²) >= 11 is 0. The van der Waals surface area contributed by atoms with E-state index in [1.165, 1.54) is 0 Å². The summed E-state index contributed by atoms with van der Waals surface area (Å²) in [5.41, 5.74) is 8.58. The number of unbranched alkanes of at least 4 members (excludes halogenated alkanes) is 1. The summed E-state index contributed by atoms with van der Waals surface area (Å²) in [6.07, 6.45) is 2.90. The number of fused-ring (bicyclic) bond motifs is 1. The van der Waals surface area contributed by atoms with Crippen LogP contribution in [0.2, 0.25) is 0 Å². The van der Waals surface area contributed by atoms with Gasteiger partial charge in [-0.05, 0) is 54.6 Å². The molecule has 3 atom stereocenters. The molecule has 1 saturated heterocycles. The van der Waals surface area contributed by atoms with Gasteiger partial charge in [0, 0.05) is 37.2 Å². The smallest absolute Gasteiger partial charge is 0.308 e. The molecular weight excluding hydrogens is 514 g/mol. The summed E-state index contributed by atoms with van der Waals surface area (Å²) < 4.78 is 11.1. The maximum Gasteiger partial charge on any atom is 0.308 e. The number of likely N-dealkylation sites (tertiary alicyclic amines) is 1. The summed E-state index contributed by atoms with van der Waals surface area (Å²) in [6, 6.07) is 10.5. The van der Waals surface area contributed by atoms with Crippen molar-refractivity contribution >= 4 is 11.9 Å². The first-order valence-corrected chi connectivity index (χ1v) is 14.1. The number of carbonyl (C=O) groups excluding carboxylic acids is 1. The zero-order valence-electron chi connectivity index (χ0n) is 23.1. The number of ether oxygens (including phenoxy) is 2. The Bertz CT molecular complexity index is 1170. The second-order valence-corrected chi connectivity index (χ2v) is 10.5. The molecular formula is C30H41N3O7. The summed E-state index contributed by atoms with van der Waals surface area (Å²) in [5.74, 6) is -1.34. The lowest BCUT2D eigenvalue weighted by molar-refractivity contribution is -0.143. The summed E-state index contributed by atoms with van der Waals surface area (Å²) in [6.45, 7) is 3.80. The Hall–Kier alpha value is -3.18. The van der Waals surface area contributed by atoms with Crippen molar-refractivity contribution in [3.63, 3.8) is 0 Å². The number of aliphatic carboxylic acids is 1. The second kappa shape index (κ2) is 13.9. The van der Waals surface area contributed by atoms with Crippen molar-refractivity contribution in [2.75, 3.05) is 39.5 Å². The van der Waals surface area contributed by atoms with Crippen LogP contribution in [0.5, 0.6) is 11.5 Å². The van der Waals surface area contributed by atoms with Gasteiger partial charge >= 0.3 is 5.97 Å². The van der Waals surface area contributed by atoms with E-state index in [0.29, 0.717) is 56.1 Å². The number of nitrogens with two attached hydrogens (primary N) is 1. The van der Waals surface area contributed by atoms with Crippen molar-refractivity contribution in [3.8, 4) is 11.5 Å². The van der Waals surface area contributed by atoms with Gasteiger partial charge < -0.3 is 35.4 Å². The van der Waals surface area contributed by atoms with Crippen LogP contribution in [0.4, 0.5) is 0 Å². The lowest BCUT2D eigenvalue weighted by atomic mass is 9.82. The third-order valence-electron chi connectivity index (χ3n) is 8.03. The minimum Gasteiger partial charge on any atom is -0.481 e. The van der Waals surface area contributed by atoms with Gasteiger partial charge in [-0.1, -0.05) is 37.6 Å². The number of aliphatic hydroxyl groups excluding tert-OH is 2. The first kappa shape index (κ1) is 29.8. The Morgan fingerprint density at radius 1 is 1.05 bits per heavy atom. The van der Waals surface area contributed by atoms with E-state index in [4.69, 9.17) is 15.2 Å². The van der Waals surface area contributed by atoms with E-state index in [0.717, 1.165) is 29.5 Å². The number of benzene rings is 2. The average molecular weight is 556 g/mol. The molecule has 218 valence electrons. The molecule has 2 aliphatic heterocycles.